The predicted octanol–water partition coefficient (Wildman–Crippen LogP) is 0.487. The summed E-state index contributed by atoms with van der Waals surface area (Å²) < 4.78 is 9.65. The minimum absolute atomic E-state index is 0.207. The Morgan fingerprint density at radius 1 is 1.85 bits per heavy atom. The number of nitrogens with two attached hydrogens (primary N) is 1. The summed E-state index contributed by atoms with van der Waals surface area (Å²) in [5.74, 6) is 0.214. The molecule has 5 nitrogen and oxygen atoms in total. The van der Waals surface area contributed by atoms with Crippen LogP contribution in [0.5, 0.6) is 0 Å². The van der Waals surface area contributed by atoms with E-state index in [-0.39, 0.29) is 11.5 Å². The number of hydrogen-bond donors (Lipinski definition) is 1. The smallest absolute Gasteiger partial charge is 0.227 e. The van der Waals surface area contributed by atoms with Crippen molar-refractivity contribution in [2.45, 2.75) is 20.1 Å². The molecule has 0 saturated carbocycles. The molecule has 0 aliphatic rings. The molecular formula is C8H12N2O3. The van der Waals surface area contributed by atoms with E-state index in [0.29, 0.717) is 12.4 Å². The van der Waals surface area contributed by atoms with Crippen LogP contribution in [0.25, 0.3) is 0 Å². The number of aryl methyl sites for hydroxylation is 1. The van der Waals surface area contributed by atoms with Crippen LogP contribution in [0, 0.1) is 6.92 Å². The Bertz CT molecular complexity index is 295. The molecule has 2 N–H and O–H groups in total. The Morgan fingerprint density at radius 2 is 2.54 bits per heavy atom. The van der Waals surface area contributed by atoms with Crippen LogP contribution >= 0.6 is 0 Å². The van der Waals surface area contributed by atoms with Crippen LogP contribution in [-0.2, 0) is 4.74 Å². The molecule has 1 rings (SSSR count). The first kappa shape index (κ1) is 9.88. The van der Waals surface area contributed by atoms with Crippen molar-refractivity contribution < 1.29 is 14.1 Å². The van der Waals surface area contributed by atoms with E-state index in [1.54, 1.807) is 13.8 Å². The van der Waals surface area contributed by atoms with Crippen LogP contribution in [0.15, 0.2) is 10.6 Å². The molecule has 0 aliphatic carbocycles. The maximum atomic E-state index is 11.4. The maximum Gasteiger partial charge on any atom is 0.227 e. The molecule has 1 aromatic heterocycles. The average Bonchev–Trinajstić information content (AvgIpc) is 2.51. The maximum absolute atomic E-state index is 11.4. The van der Waals surface area contributed by atoms with E-state index in [0.717, 1.165) is 0 Å². The van der Waals surface area contributed by atoms with E-state index in [1.807, 2.05) is 0 Å². The standard InChI is InChI=1S/C8H12N2O3/c1-3-12-8(9)7(11)6-4-5(2)13-10-6/h4,8H,3,9H2,1-2H3. The van der Waals surface area contributed by atoms with Gasteiger partial charge in [-0.3, -0.25) is 10.5 Å². The lowest BCUT2D eigenvalue weighted by molar-refractivity contribution is 0.0471. The van der Waals surface area contributed by atoms with Crippen LogP contribution in [0.4, 0.5) is 0 Å². The second-order valence-electron chi connectivity index (χ2n) is 2.56. The highest BCUT2D eigenvalue weighted by molar-refractivity contribution is 5.97. The van der Waals surface area contributed by atoms with Gasteiger partial charge in [-0.05, 0) is 13.8 Å². The molecule has 1 unspecified atom stereocenters. The van der Waals surface area contributed by atoms with Gasteiger partial charge in [-0.1, -0.05) is 5.16 Å². The number of carbonyl (C=O) groups excluding carboxylic acids is 1. The van der Waals surface area contributed by atoms with Crippen LogP contribution in [0.2, 0.25) is 0 Å². The molecule has 1 aromatic rings. The number of ether oxygens (including phenoxy) is 1. The zero-order valence-corrected chi connectivity index (χ0v) is 7.61. The monoisotopic (exact) mass is 184 g/mol. The Balaban J connectivity index is 2.67. The molecule has 0 radical (unpaired) electrons. The van der Waals surface area contributed by atoms with E-state index < -0.39 is 6.23 Å². The van der Waals surface area contributed by atoms with Crippen molar-refractivity contribution in [3.63, 3.8) is 0 Å². The van der Waals surface area contributed by atoms with Gasteiger partial charge in [0.2, 0.25) is 5.78 Å². The van der Waals surface area contributed by atoms with E-state index in [4.69, 9.17) is 15.0 Å². The molecule has 0 aromatic carbocycles. The average molecular weight is 184 g/mol. The Labute approximate surface area is 75.8 Å². The highest BCUT2D eigenvalue weighted by Crippen LogP contribution is 2.04. The fraction of sp³-hybridized carbons (Fsp3) is 0.500. The summed E-state index contributed by atoms with van der Waals surface area (Å²) in [6.07, 6.45) is -0.950. The second kappa shape index (κ2) is 4.15. The number of Topliss-reactive ketones (excluding diaryl/α,β-unsaturated/α-hetero) is 1. The Hall–Kier alpha value is -1.20. The van der Waals surface area contributed by atoms with E-state index in [2.05, 4.69) is 5.16 Å². The fourth-order valence-corrected chi connectivity index (χ4v) is 0.884. The number of carbonyl (C=O) groups is 1. The summed E-state index contributed by atoms with van der Waals surface area (Å²) in [5.41, 5.74) is 5.62. The minimum Gasteiger partial charge on any atom is -0.361 e. The third-order valence-electron chi connectivity index (χ3n) is 1.49. The van der Waals surface area contributed by atoms with Crippen molar-refractivity contribution >= 4 is 5.78 Å². The summed E-state index contributed by atoms with van der Waals surface area (Å²) in [4.78, 5) is 11.4. The van der Waals surface area contributed by atoms with Gasteiger partial charge in [0, 0.05) is 12.7 Å². The molecule has 72 valence electrons. The normalized spacial score (nSPS) is 12.8. The van der Waals surface area contributed by atoms with Crippen LogP contribution in [-0.4, -0.2) is 23.8 Å². The molecule has 0 aliphatic heterocycles. The van der Waals surface area contributed by atoms with E-state index in [1.165, 1.54) is 6.07 Å². The van der Waals surface area contributed by atoms with Gasteiger partial charge in [-0.25, -0.2) is 0 Å². The second-order valence-corrected chi connectivity index (χ2v) is 2.56. The third-order valence-corrected chi connectivity index (χ3v) is 1.49. The zero-order valence-electron chi connectivity index (χ0n) is 7.61. The molecule has 5 heteroatoms. The number of aromatic nitrogens is 1. The largest absolute Gasteiger partial charge is 0.361 e. The van der Waals surface area contributed by atoms with Gasteiger partial charge < -0.3 is 9.26 Å². The molecule has 0 bridgehead atoms. The highest BCUT2D eigenvalue weighted by Gasteiger charge is 2.18. The van der Waals surface area contributed by atoms with Crippen molar-refractivity contribution in [2.24, 2.45) is 5.73 Å². The number of rotatable bonds is 4. The molecule has 1 atom stereocenters. The Kier molecular flexibility index (Phi) is 3.16. The lowest BCUT2D eigenvalue weighted by Gasteiger charge is -2.06. The summed E-state index contributed by atoms with van der Waals surface area (Å²) >= 11 is 0. The quantitative estimate of drug-likeness (QED) is 0.544. The highest BCUT2D eigenvalue weighted by atomic mass is 16.5. The van der Waals surface area contributed by atoms with Crippen molar-refractivity contribution in [1.82, 2.24) is 5.16 Å². The molecule has 0 fully saturated rings. The summed E-state index contributed by atoms with van der Waals surface area (Å²) in [6, 6.07) is 1.53. The van der Waals surface area contributed by atoms with Gasteiger partial charge >= 0.3 is 0 Å². The topological polar surface area (TPSA) is 78.4 Å². The Morgan fingerprint density at radius 3 is 3.00 bits per heavy atom. The molecule has 0 saturated heterocycles. The lowest BCUT2D eigenvalue weighted by Crippen LogP contribution is -2.33. The third kappa shape index (κ3) is 2.37. The number of ketones is 1. The van der Waals surface area contributed by atoms with Crippen molar-refractivity contribution in [1.29, 1.82) is 0 Å². The van der Waals surface area contributed by atoms with Crippen molar-refractivity contribution in [3.8, 4) is 0 Å². The first-order valence-electron chi connectivity index (χ1n) is 4.00. The van der Waals surface area contributed by atoms with Gasteiger partial charge in [0.1, 0.15) is 5.76 Å². The van der Waals surface area contributed by atoms with Gasteiger partial charge in [0.15, 0.2) is 11.9 Å². The molecule has 0 spiro atoms. The van der Waals surface area contributed by atoms with Crippen LogP contribution in [0.1, 0.15) is 23.2 Å². The number of nitrogens with zero attached hydrogens (tertiary/aromatic N) is 1. The molecular weight excluding hydrogens is 172 g/mol. The first-order chi connectivity index (χ1) is 6.15. The summed E-state index contributed by atoms with van der Waals surface area (Å²) in [5, 5.41) is 3.53. The lowest BCUT2D eigenvalue weighted by atomic mass is 10.2. The molecule has 13 heavy (non-hydrogen) atoms. The zero-order chi connectivity index (χ0) is 9.84. The van der Waals surface area contributed by atoms with Crippen LogP contribution < -0.4 is 5.73 Å². The first-order valence-corrected chi connectivity index (χ1v) is 4.00. The van der Waals surface area contributed by atoms with E-state index >= 15 is 0 Å². The van der Waals surface area contributed by atoms with Crippen molar-refractivity contribution in [2.75, 3.05) is 6.61 Å². The minimum atomic E-state index is -0.950. The van der Waals surface area contributed by atoms with Gasteiger partial charge in [0.25, 0.3) is 0 Å². The fourth-order valence-electron chi connectivity index (χ4n) is 0.884. The SMILES string of the molecule is CCOC(N)C(=O)c1cc(C)on1. The van der Waals surface area contributed by atoms with Gasteiger partial charge in [-0.2, -0.15) is 0 Å². The van der Waals surface area contributed by atoms with Gasteiger partial charge in [0.05, 0.1) is 0 Å². The van der Waals surface area contributed by atoms with Gasteiger partial charge in [-0.15, -0.1) is 0 Å². The summed E-state index contributed by atoms with van der Waals surface area (Å²) in [6.45, 7) is 3.86. The van der Waals surface area contributed by atoms with Crippen molar-refractivity contribution in [3.05, 3.63) is 17.5 Å². The van der Waals surface area contributed by atoms with E-state index in [9.17, 15) is 4.79 Å². The molecule has 0 amide bonds. The molecule has 1 heterocycles. The predicted molar refractivity (Wildman–Crippen MR) is 45.2 cm³/mol. The summed E-state index contributed by atoms with van der Waals surface area (Å²) in [7, 11) is 0. The van der Waals surface area contributed by atoms with Crippen LogP contribution in [0.3, 0.4) is 0 Å². The number of hydrogen-bond acceptors (Lipinski definition) is 5.